The summed E-state index contributed by atoms with van der Waals surface area (Å²) in [5, 5.41) is 11.2. The molecule has 0 radical (unpaired) electrons. The van der Waals surface area contributed by atoms with Gasteiger partial charge in [0.2, 0.25) is 15.9 Å². The van der Waals surface area contributed by atoms with Gasteiger partial charge in [-0.3, -0.25) is 4.79 Å². The van der Waals surface area contributed by atoms with Crippen LogP contribution in [0.25, 0.3) is 0 Å². The van der Waals surface area contributed by atoms with Gasteiger partial charge in [-0.2, -0.15) is 0 Å². The molecule has 0 spiro atoms. The summed E-state index contributed by atoms with van der Waals surface area (Å²) in [5.41, 5.74) is 0.243. The van der Waals surface area contributed by atoms with E-state index in [-0.39, 0.29) is 33.5 Å². The summed E-state index contributed by atoms with van der Waals surface area (Å²) in [5.74, 6) is -0.0189. The minimum atomic E-state index is -3.84. The fourth-order valence-corrected chi connectivity index (χ4v) is 3.09. The molecule has 0 saturated carbocycles. The van der Waals surface area contributed by atoms with E-state index < -0.39 is 10.0 Å². The lowest BCUT2D eigenvalue weighted by atomic mass is 9.92. The quantitative estimate of drug-likeness (QED) is 0.777. The SMILES string of the molecule is CC1CCCNC1C(=O)Nc1cc(S(N)(=O)=O)ccc1Cl. The molecule has 6 nitrogen and oxygen atoms in total. The molecule has 8 heteroatoms. The number of nitrogens with two attached hydrogens (primary N) is 1. The first-order valence-corrected chi connectivity index (χ1v) is 8.58. The Morgan fingerprint density at radius 3 is 2.81 bits per heavy atom. The molecule has 0 aromatic heterocycles. The summed E-state index contributed by atoms with van der Waals surface area (Å²) >= 11 is 5.99. The monoisotopic (exact) mass is 331 g/mol. The van der Waals surface area contributed by atoms with Crippen LogP contribution in [0.4, 0.5) is 5.69 Å². The molecule has 1 amide bonds. The minimum Gasteiger partial charge on any atom is -0.323 e. The second-order valence-electron chi connectivity index (χ2n) is 5.23. The van der Waals surface area contributed by atoms with E-state index in [1.54, 1.807) is 0 Å². The molecule has 1 fully saturated rings. The molecule has 0 bridgehead atoms. The Kier molecular flexibility index (Phi) is 4.88. The number of sulfonamides is 1. The van der Waals surface area contributed by atoms with Gasteiger partial charge in [-0.1, -0.05) is 18.5 Å². The van der Waals surface area contributed by atoms with Crippen LogP contribution in [-0.4, -0.2) is 26.9 Å². The maximum absolute atomic E-state index is 12.3. The summed E-state index contributed by atoms with van der Waals surface area (Å²) in [6.45, 7) is 2.78. The maximum Gasteiger partial charge on any atom is 0.241 e. The molecule has 116 valence electrons. The lowest BCUT2D eigenvalue weighted by Crippen LogP contribution is -2.48. The molecular formula is C13H18ClN3O3S. The minimum absolute atomic E-state index is 0.0909. The van der Waals surface area contributed by atoms with Crippen LogP contribution in [0.3, 0.4) is 0 Å². The topological polar surface area (TPSA) is 101 Å². The average Bonchev–Trinajstić information content (AvgIpc) is 2.40. The second-order valence-corrected chi connectivity index (χ2v) is 7.20. The summed E-state index contributed by atoms with van der Waals surface area (Å²) in [4.78, 5) is 12.2. The van der Waals surface area contributed by atoms with Crippen molar-refractivity contribution in [3.63, 3.8) is 0 Å². The van der Waals surface area contributed by atoms with Crippen LogP contribution in [0.5, 0.6) is 0 Å². The zero-order chi connectivity index (χ0) is 15.6. The van der Waals surface area contributed by atoms with Crippen molar-refractivity contribution in [3.8, 4) is 0 Å². The van der Waals surface area contributed by atoms with E-state index in [2.05, 4.69) is 10.6 Å². The van der Waals surface area contributed by atoms with E-state index in [1.165, 1.54) is 18.2 Å². The van der Waals surface area contributed by atoms with Gasteiger partial charge in [-0.15, -0.1) is 0 Å². The zero-order valence-electron chi connectivity index (χ0n) is 11.6. The Labute approximate surface area is 129 Å². The molecule has 1 saturated heterocycles. The van der Waals surface area contributed by atoms with Gasteiger partial charge in [0.1, 0.15) is 0 Å². The first-order chi connectivity index (χ1) is 9.79. The molecule has 1 heterocycles. The number of rotatable bonds is 3. The lowest BCUT2D eigenvalue weighted by Gasteiger charge is -2.29. The Bertz CT molecular complexity index is 648. The molecule has 0 aliphatic carbocycles. The third-order valence-corrected chi connectivity index (χ3v) is 4.82. The summed E-state index contributed by atoms with van der Waals surface area (Å²) in [6, 6.07) is 3.65. The predicted octanol–water partition coefficient (Wildman–Crippen LogP) is 1.31. The second kappa shape index (κ2) is 6.31. The van der Waals surface area contributed by atoms with Gasteiger partial charge in [0.25, 0.3) is 0 Å². The first kappa shape index (κ1) is 16.2. The molecule has 1 aromatic carbocycles. The van der Waals surface area contributed by atoms with Crippen molar-refractivity contribution >= 4 is 33.2 Å². The normalized spacial score (nSPS) is 22.8. The van der Waals surface area contributed by atoms with Crippen molar-refractivity contribution < 1.29 is 13.2 Å². The summed E-state index contributed by atoms with van der Waals surface area (Å²) < 4.78 is 22.7. The number of benzene rings is 1. The van der Waals surface area contributed by atoms with Crippen molar-refractivity contribution in [1.29, 1.82) is 0 Å². The van der Waals surface area contributed by atoms with Gasteiger partial charge in [-0.25, -0.2) is 13.6 Å². The van der Waals surface area contributed by atoms with Gasteiger partial charge in [0.15, 0.2) is 0 Å². The van der Waals surface area contributed by atoms with Crippen molar-refractivity contribution in [3.05, 3.63) is 23.2 Å². The van der Waals surface area contributed by atoms with Crippen LogP contribution in [0, 0.1) is 5.92 Å². The number of anilines is 1. The van der Waals surface area contributed by atoms with E-state index in [9.17, 15) is 13.2 Å². The van der Waals surface area contributed by atoms with Crippen LogP contribution in [0.2, 0.25) is 5.02 Å². The largest absolute Gasteiger partial charge is 0.323 e. The molecule has 2 atom stereocenters. The molecule has 4 N–H and O–H groups in total. The van der Waals surface area contributed by atoms with E-state index >= 15 is 0 Å². The van der Waals surface area contributed by atoms with Gasteiger partial charge < -0.3 is 10.6 Å². The van der Waals surface area contributed by atoms with Crippen LogP contribution in [0.15, 0.2) is 23.1 Å². The van der Waals surface area contributed by atoms with Crippen molar-refractivity contribution in [2.75, 3.05) is 11.9 Å². The highest BCUT2D eigenvalue weighted by molar-refractivity contribution is 7.89. The number of piperidine rings is 1. The highest BCUT2D eigenvalue weighted by Gasteiger charge is 2.27. The number of nitrogens with one attached hydrogen (secondary N) is 2. The Hall–Kier alpha value is -1.15. The molecule has 1 aromatic rings. The maximum atomic E-state index is 12.3. The van der Waals surface area contributed by atoms with Gasteiger partial charge in [0, 0.05) is 0 Å². The first-order valence-electron chi connectivity index (χ1n) is 6.65. The van der Waals surface area contributed by atoms with Crippen molar-refractivity contribution in [2.45, 2.75) is 30.7 Å². The Morgan fingerprint density at radius 1 is 1.48 bits per heavy atom. The number of amides is 1. The summed E-state index contributed by atoms with van der Waals surface area (Å²) in [6.07, 6.45) is 2.00. The molecular weight excluding hydrogens is 314 g/mol. The Balaban J connectivity index is 2.20. The molecule has 2 rings (SSSR count). The third kappa shape index (κ3) is 3.94. The summed E-state index contributed by atoms with van der Waals surface area (Å²) in [7, 11) is -3.84. The van der Waals surface area contributed by atoms with Crippen LogP contribution in [-0.2, 0) is 14.8 Å². The van der Waals surface area contributed by atoms with Crippen molar-refractivity contribution in [2.24, 2.45) is 11.1 Å². The van der Waals surface area contributed by atoms with Gasteiger partial charge in [-0.05, 0) is 43.5 Å². The van der Waals surface area contributed by atoms with Gasteiger partial charge in [0.05, 0.1) is 21.6 Å². The van der Waals surface area contributed by atoms with E-state index in [0.717, 1.165) is 19.4 Å². The number of primary sulfonamides is 1. The molecule has 1 aliphatic heterocycles. The number of hydrogen-bond donors (Lipinski definition) is 3. The number of carbonyl (C=O) groups excluding carboxylic acids is 1. The van der Waals surface area contributed by atoms with E-state index in [4.69, 9.17) is 16.7 Å². The van der Waals surface area contributed by atoms with Crippen molar-refractivity contribution in [1.82, 2.24) is 5.32 Å². The van der Waals surface area contributed by atoms with E-state index in [0.29, 0.717) is 0 Å². The van der Waals surface area contributed by atoms with Crippen LogP contribution in [0.1, 0.15) is 19.8 Å². The number of carbonyl (C=O) groups is 1. The van der Waals surface area contributed by atoms with Crippen LogP contribution >= 0.6 is 11.6 Å². The smallest absolute Gasteiger partial charge is 0.241 e. The molecule has 21 heavy (non-hydrogen) atoms. The highest BCUT2D eigenvalue weighted by atomic mass is 35.5. The zero-order valence-corrected chi connectivity index (χ0v) is 13.2. The highest BCUT2D eigenvalue weighted by Crippen LogP contribution is 2.26. The number of halogens is 1. The third-order valence-electron chi connectivity index (χ3n) is 3.58. The van der Waals surface area contributed by atoms with Gasteiger partial charge >= 0.3 is 0 Å². The average molecular weight is 332 g/mol. The number of hydrogen-bond acceptors (Lipinski definition) is 4. The Morgan fingerprint density at radius 2 is 2.19 bits per heavy atom. The fourth-order valence-electron chi connectivity index (χ4n) is 2.39. The lowest BCUT2D eigenvalue weighted by molar-refractivity contribution is -0.119. The van der Waals surface area contributed by atoms with Crippen LogP contribution < -0.4 is 15.8 Å². The fraction of sp³-hybridized carbons (Fsp3) is 0.462. The predicted molar refractivity (Wildman–Crippen MR) is 81.6 cm³/mol. The standard InChI is InChI=1S/C13H18ClN3O3S/c1-8-3-2-6-16-12(8)13(18)17-11-7-9(21(15,19)20)4-5-10(11)14/h4-5,7-8,12,16H,2-3,6H2,1H3,(H,17,18)(H2,15,19,20). The van der Waals surface area contributed by atoms with E-state index in [1.807, 2.05) is 6.92 Å². The molecule has 1 aliphatic rings. The molecule has 2 unspecified atom stereocenters.